The average molecular weight is 409 g/mol. The molecule has 4 amide bonds. The zero-order valence-corrected chi connectivity index (χ0v) is 16.0. The summed E-state index contributed by atoms with van der Waals surface area (Å²) in [6, 6.07) is 11.5. The maximum absolute atomic E-state index is 13.2. The molecule has 5 rings (SSSR count). The molecule has 3 aliphatic rings. The number of hydrogen-bond donors (Lipinski definition) is 2. The van der Waals surface area contributed by atoms with Crippen molar-refractivity contribution in [2.45, 2.75) is 12.0 Å². The fourth-order valence-corrected chi connectivity index (χ4v) is 3.98. The second-order valence-corrected chi connectivity index (χ2v) is 7.23. The molecule has 0 bridgehead atoms. The van der Waals surface area contributed by atoms with Crippen LogP contribution >= 0.6 is 0 Å². The monoisotopic (exact) mass is 409 g/mol. The van der Waals surface area contributed by atoms with Gasteiger partial charge in [0.05, 0.1) is 6.61 Å². The van der Waals surface area contributed by atoms with Crippen molar-refractivity contribution in [3.05, 3.63) is 48.0 Å². The van der Waals surface area contributed by atoms with E-state index < -0.39 is 29.9 Å². The van der Waals surface area contributed by atoms with E-state index in [0.29, 0.717) is 54.7 Å². The summed E-state index contributed by atoms with van der Waals surface area (Å²) >= 11 is 0. The van der Waals surface area contributed by atoms with E-state index in [4.69, 9.17) is 14.2 Å². The average Bonchev–Trinajstić information content (AvgIpc) is 2.98. The van der Waals surface area contributed by atoms with Gasteiger partial charge in [-0.05, 0) is 18.2 Å². The number of carbonyl (C=O) groups is 3. The molecule has 0 saturated carbocycles. The normalized spacial score (nSPS) is 21.7. The Balaban J connectivity index is 1.33. The Bertz CT molecular complexity index is 1050. The number of benzene rings is 2. The van der Waals surface area contributed by atoms with Crippen molar-refractivity contribution >= 4 is 23.5 Å². The Morgan fingerprint density at radius 2 is 1.77 bits per heavy atom. The van der Waals surface area contributed by atoms with Crippen LogP contribution in [0.5, 0.6) is 17.2 Å². The SMILES string of the molecule is O=C(CN1C(=O)N[C@@]2(CCOc3ccccc32)C1=O)Nc1ccc2c(c1)OCCO2. The van der Waals surface area contributed by atoms with Gasteiger partial charge in [-0.1, -0.05) is 18.2 Å². The number of imide groups is 1. The molecule has 2 aromatic carbocycles. The molecule has 9 nitrogen and oxygen atoms in total. The van der Waals surface area contributed by atoms with E-state index >= 15 is 0 Å². The minimum absolute atomic E-state index is 0.292. The standard InChI is InChI=1S/C21H19N3O6/c25-18(22-13-5-6-16-17(11-13)30-10-9-29-16)12-24-19(26)21(23-20(24)27)7-8-28-15-4-2-1-3-14(15)21/h1-6,11H,7-10,12H2,(H,22,25)(H,23,27)/t21-/m1/s1. The summed E-state index contributed by atoms with van der Waals surface area (Å²) in [5.74, 6) is 0.744. The van der Waals surface area contributed by atoms with Crippen molar-refractivity contribution in [1.29, 1.82) is 0 Å². The van der Waals surface area contributed by atoms with Gasteiger partial charge in [0, 0.05) is 23.7 Å². The lowest BCUT2D eigenvalue weighted by atomic mass is 9.84. The van der Waals surface area contributed by atoms with E-state index in [1.165, 1.54) is 0 Å². The van der Waals surface area contributed by atoms with Crippen molar-refractivity contribution in [3.63, 3.8) is 0 Å². The summed E-state index contributed by atoms with van der Waals surface area (Å²) in [4.78, 5) is 39.3. The molecule has 0 radical (unpaired) electrons. The molecule has 154 valence electrons. The highest BCUT2D eigenvalue weighted by Gasteiger charge is 2.55. The quantitative estimate of drug-likeness (QED) is 0.747. The molecule has 3 heterocycles. The first-order valence-electron chi connectivity index (χ1n) is 9.63. The molecule has 1 atom stereocenters. The molecule has 1 spiro atoms. The highest BCUT2D eigenvalue weighted by atomic mass is 16.6. The van der Waals surface area contributed by atoms with Gasteiger partial charge in [-0.25, -0.2) is 4.79 Å². The number of fused-ring (bicyclic) bond motifs is 3. The van der Waals surface area contributed by atoms with Crippen molar-refractivity contribution in [2.75, 3.05) is 31.7 Å². The van der Waals surface area contributed by atoms with Crippen molar-refractivity contribution in [3.8, 4) is 17.2 Å². The lowest BCUT2D eigenvalue weighted by Crippen LogP contribution is -2.48. The topological polar surface area (TPSA) is 106 Å². The molecule has 1 saturated heterocycles. The zero-order chi connectivity index (χ0) is 20.7. The molecule has 1 fully saturated rings. The van der Waals surface area contributed by atoms with Crippen molar-refractivity contribution < 1.29 is 28.6 Å². The van der Waals surface area contributed by atoms with Crippen LogP contribution in [0.4, 0.5) is 10.5 Å². The minimum atomic E-state index is -1.21. The Morgan fingerprint density at radius 3 is 2.63 bits per heavy atom. The number of ether oxygens (including phenoxy) is 3. The molecule has 30 heavy (non-hydrogen) atoms. The van der Waals surface area contributed by atoms with Crippen LogP contribution < -0.4 is 24.8 Å². The molecule has 0 aliphatic carbocycles. The van der Waals surface area contributed by atoms with Gasteiger partial charge in [0.1, 0.15) is 25.5 Å². The van der Waals surface area contributed by atoms with Gasteiger partial charge < -0.3 is 24.8 Å². The van der Waals surface area contributed by atoms with Crippen LogP contribution in [0, 0.1) is 0 Å². The molecular weight excluding hydrogens is 390 g/mol. The summed E-state index contributed by atoms with van der Waals surface area (Å²) in [5, 5.41) is 5.47. The van der Waals surface area contributed by atoms with Crippen LogP contribution in [0.15, 0.2) is 42.5 Å². The van der Waals surface area contributed by atoms with Gasteiger partial charge in [0.25, 0.3) is 5.91 Å². The third-order valence-electron chi connectivity index (χ3n) is 5.38. The molecule has 2 aromatic rings. The molecule has 0 aromatic heterocycles. The van der Waals surface area contributed by atoms with Crippen LogP contribution in [-0.4, -0.2) is 49.1 Å². The van der Waals surface area contributed by atoms with Crippen LogP contribution in [0.3, 0.4) is 0 Å². The third-order valence-corrected chi connectivity index (χ3v) is 5.38. The Labute approximate surface area is 171 Å². The summed E-state index contributed by atoms with van der Waals surface area (Å²) in [6.45, 7) is 0.797. The fourth-order valence-electron chi connectivity index (χ4n) is 3.98. The Hall–Kier alpha value is -3.75. The van der Waals surface area contributed by atoms with Crippen LogP contribution in [-0.2, 0) is 15.1 Å². The summed E-state index contributed by atoms with van der Waals surface area (Å²) in [6.07, 6.45) is 0.300. The first kappa shape index (κ1) is 18.3. The van der Waals surface area contributed by atoms with Gasteiger partial charge in [0.2, 0.25) is 5.91 Å². The highest BCUT2D eigenvalue weighted by molar-refractivity contribution is 6.10. The summed E-state index contributed by atoms with van der Waals surface area (Å²) < 4.78 is 16.6. The number of hydrogen-bond acceptors (Lipinski definition) is 6. The van der Waals surface area contributed by atoms with E-state index in [-0.39, 0.29) is 0 Å². The first-order valence-corrected chi connectivity index (χ1v) is 9.63. The number of para-hydroxylation sites is 1. The van der Waals surface area contributed by atoms with Gasteiger partial charge in [-0.15, -0.1) is 0 Å². The second-order valence-electron chi connectivity index (χ2n) is 7.23. The molecule has 0 unspecified atom stereocenters. The van der Waals surface area contributed by atoms with Crippen molar-refractivity contribution in [2.24, 2.45) is 0 Å². The van der Waals surface area contributed by atoms with E-state index in [0.717, 1.165) is 4.90 Å². The maximum atomic E-state index is 13.2. The smallest absolute Gasteiger partial charge is 0.325 e. The van der Waals surface area contributed by atoms with Gasteiger partial charge in [-0.2, -0.15) is 0 Å². The molecule has 3 aliphatic heterocycles. The predicted octanol–water partition coefficient (Wildman–Crippen LogP) is 1.63. The molecule has 9 heteroatoms. The predicted molar refractivity (Wildman–Crippen MR) is 105 cm³/mol. The maximum Gasteiger partial charge on any atom is 0.325 e. The number of carbonyl (C=O) groups excluding carboxylic acids is 3. The van der Waals surface area contributed by atoms with Crippen molar-refractivity contribution in [1.82, 2.24) is 10.2 Å². The number of anilines is 1. The number of urea groups is 1. The zero-order valence-electron chi connectivity index (χ0n) is 16.0. The largest absolute Gasteiger partial charge is 0.493 e. The van der Waals surface area contributed by atoms with Gasteiger partial charge in [-0.3, -0.25) is 14.5 Å². The van der Waals surface area contributed by atoms with E-state index in [1.54, 1.807) is 42.5 Å². The van der Waals surface area contributed by atoms with E-state index in [1.807, 2.05) is 0 Å². The lowest BCUT2D eigenvalue weighted by molar-refractivity contribution is -0.135. The summed E-state index contributed by atoms with van der Waals surface area (Å²) in [7, 11) is 0. The molecular formula is C21H19N3O6. The van der Waals surface area contributed by atoms with E-state index in [9.17, 15) is 14.4 Å². The van der Waals surface area contributed by atoms with Crippen LogP contribution in [0.1, 0.15) is 12.0 Å². The molecule has 2 N–H and O–H groups in total. The first-order chi connectivity index (χ1) is 14.6. The van der Waals surface area contributed by atoms with Gasteiger partial charge in [0.15, 0.2) is 17.0 Å². The van der Waals surface area contributed by atoms with Crippen LogP contribution in [0.25, 0.3) is 0 Å². The number of amides is 4. The fraction of sp³-hybridized carbons (Fsp3) is 0.286. The number of rotatable bonds is 3. The lowest BCUT2D eigenvalue weighted by Gasteiger charge is -2.33. The van der Waals surface area contributed by atoms with Crippen LogP contribution in [0.2, 0.25) is 0 Å². The van der Waals surface area contributed by atoms with Gasteiger partial charge >= 0.3 is 6.03 Å². The summed E-state index contributed by atoms with van der Waals surface area (Å²) in [5.41, 5.74) is -0.116. The minimum Gasteiger partial charge on any atom is -0.493 e. The Morgan fingerprint density at radius 1 is 1.00 bits per heavy atom. The Kier molecular flexibility index (Phi) is 4.23. The second kappa shape index (κ2) is 6.94. The van der Waals surface area contributed by atoms with E-state index in [2.05, 4.69) is 10.6 Å². The number of nitrogens with zero attached hydrogens (tertiary/aromatic N) is 1. The third kappa shape index (κ3) is 2.90. The highest BCUT2D eigenvalue weighted by Crippen LogP contribution is 2.41. The number of nitrogens with one attached hydrogen (secondary N) is 2.